The minimum absolute atomic E-state index is 0.120. The fourth-order valence-corrected chi connectivity index (χ4v) is 6.56. The zero-order valence-corrected chi connectivity index (χ0v) is 17.9. The van der Waals surface area contributed by atoms with E-state index in [0.717, 1.165) is 44.6 Å². The Morgan fingerprint density at radius 2 is 2.10 bits per heavy atom. The van der Waals surface area contributed by atoms with Crippen molar-refractivity contribution >= 4 is 23.4 Å². The fraction of sp³-hybridized carbons (Fsp3) is 0.458. The molecule has 2 atom stereocenters. The topological polar surface area (TPSA) is 35.6 Å². The summed E-state index contributed by atoms with van der Waals surface area (Å²) in [5.74, 6) is 1.82. The second-order valence-corrected chi connectivity index (χ2v) is 9.64. The third kappa shape index (κ3) is 3.15. The Morgan fingerprint density at radius 3 is 2.97 bits per heavy atom. The van der Waals surface area contributed by atoms with E-state index in [4.69, 9.17) is 0 Å². The zero-order chi connectivity index (χ0) is 19.8. The van der Waals surface area contributed by atoms with Gasteiger partial charge in [-0.2, -0.15) is 0 Å². The summed E-state index contributed by atoms with van der Waals surface area (Å²) in [5, 5.41) is 3.64. The molecule has 152 valence electrons. The number of thioether (sulfide) groups is 1. The van der Waals surface area contributed by atoms with Gasteiger partial charge in [0.15, 0.2) is 0 Å². The maximum absolute atomic E-state index is 12.9. The largest absolute Gasteiger partial charge is 0.364 e. The molecular weight excluding hydrogens is 378 g/mol. The third-order valence-electron chi connectivity index (χ3n) is 6.98. The van der Waals surface area contributed by atoms with Gasteiger partial charge in [-0.1, -0.05) is 30.3 Å². The third-order valence-corrected chi connectivity index (χ3v) is 8.11. The first-order chi connectivity index (χ1) is 14.2. The van der Waals surface area contributed by atoms with E-state index in [1.807, 2.05) is 54.0 Å². The number of hydrogen-bond acceptors (Lipinski definition) is 4. The van der Waals surface area contributed by atoms with Crippen LogP contribution in [0.2, 0.25) is 0 Å². The number of hydrogen-bond donors (Lipinski definition) is 1. The minimum Gasteiger partial charge on any atom is -0.364 e. The van der Waals surface area contributed by atoms with Gasteiger partial charge in [-0.05, 0) is 55.3 Å². The molecule has 0 aromatic heterocycles. The highest BCUT2D eigenvalue weighted by Gasteiger charge is 2.53. The van der Waals surface area contributed by atoms with Crippen molar-refractivity contribution in [2.24, 2.45) is 0 Å². The predicted molar refractivity (Wildman–Crippen MR) is 120 cm³/mol. The van der Waals surface area contributed by atoms with Crippen LogP contribution in [0.1, 0.15) is 41.1 Å². The number of para-hydroxylation sites is 1. The molecule has 0 spiro atoms. The van der Waals surface area contributed by atoms with Gasteiger partial charge >= 0.3 is 0 Å². The molecule has 0 unspecified atom stereocenters. The summed E-state index contributed by atoms with van der Waals surface area (Å²) in [6.45, 7) is 4.01. The van der Waals surface area contributed by atoms with Gasteiger partial charge in [0.2, 0.25) is 0 Å². The van der Waals surface area contributed by atoms with Crippen molar-refractivity contribution in [1.29, 1.82) is 0 Å². The second-order valence-electron chi connectivity index (χ2n) is 8.50. The lowest BCUT2D eigenvalue weighted by Crippen LogP contribution is -2.57. The van der Waals surface area contributed by atoms with Crippen LogP contribution in [-0.4, -0.2) is 55.3 Å². The van der Waals surface area contributed by atoms with Crippen molar-refractivity contribution in [3.63, 3.8) is 0 Å². The summed E-state index contributed by atoms with van der Waals surface area (Å²) in [7, 11) is 1.95. The Hall–Kier alpha value is -1.98. The van der Waals surface area contributed by atoms with Gasteiger partial charge in [-0.25, -0.2) is 0 Å². The molecule has 3 heterocycles. The van der Waals surface area contributed by atoms with Crippen LogP contribution in [0, 0.1) is 0 Å². The number of fused-ring (bicyclic) bond motifs is 3. The predicted octanol–water partition coefficient (Wildman–Crippen LogP) is 3.98. The zero-order valence-electron chi connectivity index (χ0n) is 17.1. The van der Waals surface area contributed by atoms with Crippen LogP contribution in [0.5, 0.6) is 0 Å². The van der Waals surface area contributed by atoms with Crippen LogP contribution in [0.3, 0.4) is 0 Å². The number of rotatable bonds is 4. The number of benzene rings is 2. The van der Waals surface area contributed by atoms with Gasteiger partial charge < -0.3 is 15.1 Å². The summed E-state index contributed by atoms with van der Waals surface area (Å²) < 4.78 is 0. The molecule has 1 amide bonds. The lowest BCUT2D eigenvalue weighted by Gasteiger charge is -2.47. The summed E-state index contributed by atoms with van der Waals surface area (Å²) in [5.41, 5.74) is 3.90. The Balaban J connectivity index is 1.43. The van der Waals surface area contributed by atoms with E-state index < -0.39 is 0 Å². The Bertz CT molecular complexity index is 902. The van der Waals surface area contributed by atoms with Crippen LogP contribution >= 0.6 is 11.8 Å². The smallest absolute Gasteiger partial charge is 0.253 e. The first kappa shape index (κ1) is 19.0. The van der Waals surface area contributed by atoms with Crippen LogP contribution in [0.15, 0.2) is 53.4 Å². The molecule has 29 heavy (non-hydrogen) atoms. The van der Waals surface area contributed by atoms with Crippen molar-refractivity contribution in [2.45, 2.75) is 35.6 Å². The number of anilines is 1. The molecular formula is C24H29N3OS. The average molecular weight is 408 g/mol. The number of nitrogens with zero attached hydrogens (tertiary/aromatic N) is 2. The number of amides is 1. The molecule has 0 bridgehead atoms. The minimum atomic E-state index is 0.120. The number of nitrogens with one attached hydrogen (secondary N) is 1. The summed E-state index contributed by atoms with van der Waals surface area (Å²) in [4.78, 5) is 19.0. The molecule has 1 saturated heterocycles. The van der Waals surface area contributed by atoms with Crippen LogP contribution in [-0.2, 0) is 0 Å². The fourth-order valence-electron chi connectivity index (χ4n) is 5.52. The second kappa shape index (κ2) is 7.69. The highest BCUT2D eigenvalue weighted by atomic mass is 32.2. The molecule has 1 fully saturated rings. The maximum Gasteiger partial charge on any atom is 0.253 e. The van der Waals surface area contributed by atoms with E-state index in [1.165, 1.54) is 28.3 Å². The Kier molecular flexibility index (Phi) is 5.04. The quantitative estimate of drug-likeness (QED) is 0.832. The van der Waals surface area contributed by atoms with E-state index >= 15 is 0 Å². The van der Waals surface area contributed by atoms with Crippen molar-refractivity contribution in [2.75, 3.05) is 43.9 Å². The van der Waals surface area contributed by atoms with Crippen LogP contribution in [0.25, 0.3) is 0 Å². The van der Waals surface area contributed by atoms with E-state index in [-0.39, 0.29) is 11.4 Å². The van der Waals surface area contributed by atoms with Gasteiger partial charge in [0.25, 0.3) is 5.91 Å². The van der Waals surface area contributed by atoms with E-state index in [1.54, 1.807) is 0 Å². The summed E-state index contributed by atoms with van der Waals surface area (Å²) in [6, 6.07) is 16.5. The molecule has 0 radical (unpaired) electrons. The van der Waals surface area contributed by atoms with Gasteiger partial charge in [0.05, 0.1) is 11.2 Å². The van der Waals surface area contributed by atoms with E-state index in [2.05, 4.69) is 28.4 Å². The number of carbonyl (C=O) groups excluding carboxylic acids is 1. The van der Waals surface area contributed by atoms with Crippen LogP contribution < -0.4 is 10.2 Å². The Labute approximate surface area is 177 Å². The molecule has 3 aliphatic heterocycles. The molecule has 2 aromatic rings. The van der Waals surface area contributed by atoms with Gasteiger partial charge in [-0.15, -0.1) is 11.8 Å². The van der Waals surface area contributed by atoms with Gasteiger partial charge in [-0.3, -0.25) is 4.79 Å². The van der Waals surface area contributed by atoms with Crippen molar-refractivity contribution in [3.05, 3.63) is 59.7 Å². The van der Waals surface area contributed by atoms with Crippen molar-refractivity contribution in [1.82, 2.24) is 10.2 Å². The lowest BCUT2D eigenvalue weighted by molar-refractivity contribution is 0.0776. The standard InChI is InChI=1S/C24H29N3OS/c1-26(23(28)18-7-3-2-4-8-18)15-12-24-11-13-25-17-20(24)19-9-5-10-21-22(19)27(24)14-6-16-29-21/h2-5,7-10,20,25H,6,11-17H2,1H3/t20-,24-/m0/s1. The maximum atomic E-state index is 12.9. The Morgan fingerprint density at radius 1 is 1.24 bits per heavy atom. The number of carbonyl (C=O) groups is 1. The normalized spacial score (nSPS) is 25.1. The summed E-state index contributed by atoms with van der Waals surface area (Å²) in [6.07, 6.45) is 3.39. The van der Waals surface area contributed by atoms with Crippen molar-refractivity contribution < 1.29 is 4.79 Å². The molecule has 5 rings (SSSR count). The average Bonchev–Trinajstić information content (AvgIpc) is 2.89. The van der Waals surface area contributed by atoms with Crippen LogP contribution in [0.4, 0.5) is 5.69 Å². The van der Waals surface area contributed by atoms with Crippen molar-refractivity contribution in [3.8, 4) is 0 Å². The molecule has 5 heteroatoms. The SMILES string of the molecule is CN(CC[C@@]12CCNC[C@H]1c1cccc3c1N2CCCS3)C(=O)c1ccccc1. The monoisotopic (exact) mass is 407 g/mol. The molecule has 2 aromatic carbocycles. The lowest BCUT2D eigenvalue weighted by atomic mass is 9.74. The first-order valence-corrected chi connectivity index (χ1v) is 11.7. The molecule has 3 aliphatic rings. The first-order valence-electron chi connectivity index (χ1n) is 10.8. The molecule has 0 aliphatic carbocycles. The highest BCUT2D eigenvalue weighted by molar-refractivity contribution is 7.99. The van der Waals surface area contributed by atoms with Gasteiger partial charge in [0.1, 0.15) is 0 Å². The summed E-state index contributed by atoms with van der Waals surface area (Å²) >= 11 is 2.01. The van der Waals surface area contributed by atoms with E-state index in [9.17, 15) is 4.79 Å². The molecule has 1 N–H and O–H groups in total. The molecule has 4 nitrogen and oxygen atoms in total. The van der Waals surface area contributed by atoms with E-state index in [0.29, 0.717) is 5.92 Å². The van der Waals surface area contributed by atoms with Gasteiger partial charge in [0, 0.05) is 43.1 Å². The highest BCUT2D eigenvalue weighted by Crippen LogP contribution is 2.56. The number of piperidine rings is 1. The molecule has 0 saturated carbocycles.